The maximum Gasteiger partial charge on any atom is 0.272 e. The molecule has 19 heavy (non-hydrogen) atoms. The first-order valence-electron chi connectivity index (χ1n) is 5.50. The summed E-state index contributed by atoms with van der Waals surface area (Å²) in [6, 6.07) is 15.9. The van der Waals surface area contributed by atoms with E-state index < -0.39 is 0 Å². The van der Waals surface area contributed by atoms with Crippen LogP contribution in [0.2, 0.25) is 0 Å². The molecule has 0 aromatic heterocycles. The van der Waals surface area contributed by atoms with Gasteiger partial charge in [0.05, 0.1) is 12.8 Å². The summed E-state index contributed by atoms with van der Waals surface area (Å²) in [6.07, 6.45) is 0. The number of anilines is 1. The second-order valence-electron chi connectivity index (χ2n) is 3.74. The van der Waals surface area contributed by atoms with Crippen LogP contribution in [-0.2, 0) is 0 Å². The molecule has 0 saturated heterocycles. The maximum absolute atomic E-state index is 12.1. The van der Waals surface area contributed by atoms with Crippen LogP contribution in [0, 0.1) is 0 Å². The lowest BCUT2D eigenvalue weighted by molar-refractivity contribution is 0.0987. The number of hydrogen-bond acceptors (Lipinski definition) is 3. The molecule has 2 aromatic carbocycles. The number of amides is 1. The Hall–Kier alpha value is -2.04. The van der Waals surface area contributed by atoms with Gasteiger partial charge in [0.2, 0.25) is 0 Å². The van der Waals surface area contributed by atoms with E-state index in [1.165, 1.54) is 0 Å². The monoisotopic (exact) mass is 278 g/mol. The number of methoxy groups -OCH3 is 1. The standard InChI is InChI=1S/C14H14N2O2.ClH/c1-18-13-9-7-11(8-10-13)14(17)16(15)12-5-3-2-4-6-12;/h2-10H,15H2,1H3;1H. The van der Waals surface area contributed by atoms with Gasteiger partial charge in [-0.05, 0) is 36.4 Å². The van der Waals surface area contributed by atoms with Gasteiger partial charge in [-0.25, -0.2) is 10.9 Å². The van der Waals surface area contributed by atoms with Crippen molar-refractivity contribution in [1.29, 1.82) is 0 Å². The summed E-state index contributed by atoms with van der Waals surface area (Å²) in [5.74, 6) is 6.24. The van der Waals surface area contributed by atoms with Gasteiger partial charge in [0.25, 0.3) is 5.91 Å². The lowest BCUT2D eigenvalue weighted by Gasteiger charge is -2.16. The highest BCUT2D eigenvalue weighted by Crippen LogP contribution is 2.16. The molecule has 2 aromatic rings. The summed E-state index contributed by atoms with van der Waals surface area (Å²) in [6.45, 7) is 0. The van der Waals surface area contributed by atoms with E-state index in [1.807, 2.05) is 18.2 Å². The van der Waals surface area contributed by atoms with Crippen LogP contribution in [0.1, 0.15) is 10.4 Å². The van der Waals surface area contributed by atoms with Crippen molar-refractivity contribution in [2.24, 2.45) is 5.84 Å². The fraction of sp³-hybridized carbons (Fsp3) is 0.0714. The number of benzene rings is 2. The number of hydrazine groups is 1. The Morgan fingerprint density at radius 3 is 2.16 bits per heavy atom. The highest BCUT2D eigenvalue weighted by molar-refractivity contribution is 6.05. The zero-order chi connectivity index (χ0) is 13.0. The van der Waals surface area contributed by atoms with Crippen LogP contribution >= 0.6 is 12.4 Å². The van der Waals surface area contributed by atoms with E-state index in [0.717, 1.165) is 5.01 Å². The molecule has 5 heteroatoms. The van der Waals surface area contributed by atoms with E-state index in [0.29, 0.717) is 17.0 Å². The molecule has 0 bridgehead atoms. The van der Waals surface area contributed by atoms with Crippen LogP contribution in [0.4, 0.5) is 5.69 Å². The van der Waals surface area contributed by atoms with E-state index in [9.17, 15) is 4.79 Å². The van der Waals surface area contributed by atoms with Crippen molar-refractivity contribution in [1.82, 2.24) is 0 Å². The highest BCUT2D eigenvalue weighted by atomic mass is 35.5. The summed E-state index contributed by atoms with van der Waals surface area (Å²) in [5.41, 5.74) is 1.17. The lowest BCUT2D eigenvalue weighted by Crippen LogP contribution is -2.37. The third-order valence-electron chi connectivity index (χ3n) is 2.59. The molecule has 0 aliphatic heterocycles. The maximum atomic E-state index is 12.1. The average molecular weight is 279 g/mol. The second-order valence-corrected chi connectivity index (χ2v) is 3.74. The Kier molecular flexibility index (Phi) is 5.36. The smallest absolute Gasteiger partial charge is 0.272 e. The predicted molar refractivity (Wildman–Crippen MR) is 77.7 cm³/mol. The first kappa shape index (κ1) is 15.0. The largest absolute Gasteiger partial charge is 0.497 e. The third kappa shape index (κ3) is 3.47. The molecule has 0 heterocycles. The Bertz CT molecular complexity index is 529. The highest BCUT2D eigenvalue weighted by Gasteiger charge is 2.13. The van der Waals surface area contributed by atoms with Crippen molar-refractivity contribution < 1.29 is 9.53 Å². The molecular formula is C14H15ClN2O2. The van der Waals surface area contributed by atoms with Crippen LogP contribution in [0.3, 0.4) is 0 Å². The number of rotatable bonds is 3. The van der Waals surface area contributed by atoms with Gasteiger partial charge in [-0.15, -0.1) is 12.4 Å². The van der Waals surface area contributed by atoms with E-state index in [-0.39, 0.29) is 18.3 Å². The quantitative estimate of drug-likeness (QED) is 0.533. The van der Waals surface area contributed by atoms with E-state index in [2.05, 4.69) is 0 Å². The molecule has 0 radical (unpaired) electrons. The number of nitrogens with two attached hydrogens (primary N) is 1. The van der Waals surface area contributed by atoms with Crippen LogP contribution in [-0.4, -0.2) is 13.0 Å². The van der Waals surface area contributed by atoms with Crippen molar-refractivity contribution in [2.75, 3.05) is 12.1 Å². The average Bonchev–Trinajstić information content (AvgIpc) is 2.47. The zero-order valence-corrected chi connectivity index (χ0v) is 11.3. The van der Waals surface area contributed by atoms with E-state index in [4.69, 9.17) is 10.6 Å². The Morgan fingerprint density at radius 2 is 1.63 bits per heavy atom. The van der Waals surface area contributed by atoms with Crippen molar-refractivity contribution >= 4 is 24.0 Å². The van der Waals surface area contributed by atoms with Crippen LogP contribution in [0.5, 0.6) is 5.75 Å². The molecule has 0 unspecified atom stereocenters. The van der Waals surface area contributed by atoms with Crippen LogP contribution < -0.4 is 15.6 Å². The van der Waals surface area contributed by atoms with Crippen molar-refractivity contribution in [3.05, 3.63) is 60.2 Å². The number of hydrogen-bond donors (Lipinski definition) is 1. The summed E-state index contributed by atoms with van der Waals surface area (Å²) >= 11 is 0. The second kappa shape index (κ2) is 6.78. The molecule has 4 nitrogen and oxygen atoms in total. The molecule has 0 fully saturated rings. The number of ether oxygens (including phenoxy) is 1. The molecule has 2 rings (SSSR count). The fourth-order valence-electron chi connectivity index (χ4n) is 1.58. The normalized spacial score (nSPS) is 9.37. The molecule has 0 saturated carbocycles. The third-order valence-corrected chi connectivity index (χ3v) is 2.59. The molecule has 100 valence electrons. The molecule has 0 aliphatic rings. The summed E-state index contributed by atoms with van der Waals surface area (Å²) < 4.78 is 5.04. The van der Waals surface area contributed by atoms with Crippen molar-refractivity contribution in [3.8, 4) is 5.75 Å². The molecule has 0 spiro atoms. The van der Waals surface area contributed by atoms with Crippen molar-refractivity contribution in [2.45, 2.75) is 0 Å². The molecule has 0 aliphatic carbocycles. The number of nitrogens with zero attached hydrogens (tertiary/aromatic N) is 1. The van der Waals surface area contributed by atoms with Gasteiger partial charge >= 0.3 is 0 Å². The number of carbonyl (C=O) groups excluding carboxylic acids is 1. The molecular weight excluding hydrogens is 264 g/mol. The number of carbonyl (C=O) groups is 1. The van der Waals surface area contributed by atoms with Gasteiger partial charge in [-0.2, -0.15) is 0 Å². The number of para-hydroxylation sites is 1. The van der Waals surface area contributed by atoms with Gasteiger partial charge in [-0.3, -0.25) is 4.79 Å². The van der Waals surface area contributed by atoms with Gasteiger partial charge in [0, 0.05) is 5.56 Å². The molecule has 1 amide bonds. The van der Waals surface area contributed by atoms with Gasteiger partial charge < -0.3 is 4.74 Å². The van der Waals surface area contributed by atoms with Crippen LogP contribution in [0.15, 0.2) is 54.6 Å². The summed E-state index contributed by atoms with van der Waals surface area (Å²) in [4.78, 5) is 12.1. The zero-order valence-electron chi connectivity index (χ0n) is 10.4. The minimum atomic E-state index is -0.260. The predicted octanol–water partition coefficient (Wildman–Crippen LogP) is 2.64. The Morgan fingerprint density at radius 1 is 1.05 bits per heavy atom. The summed E-state index contributed by atoms with van der Waals surface area (Å²) in [7, 11) is 1.58. The number of halogens is 1. The first-order valence-corrected chi connectivity index (χ1v) is 5.50. The Balaban J connectivity index is 0.00000180. The minimum absolute atomic E-state index is 0. The van der Waals surface area contributed by atoms with E-state index >= 15 is 0 Å². The fourth-order valence-corrected chi connectivity index (χ4v) is 1.58. The molecule has 2 N–H and O–H groups in total. The SMILES string of the molecule is COc1ccc(C(=O)N(N)c2ccccc2)cc1.Cl. The Labute approximate surface area is 118 Å². The lowest BCUT2D eigenvalue weighted by atomic mass is 10.2. The first-order chi connectivity index (χ1) is 8.72. The van der Waals surface area contributed by atoms with Crippen molar-refractivity contribution in [3.63, 3.8) is 0 Å². The topological polar surface area (TPSA) is 55.6 Å². The van der Waals surface area contributed by atoms with Gasteiger partial charge in [0.1, 0.15) is 5.75 Å². The molecule has 0 atom stereocenters. The van der Waals surface area contributed by atoms with E-state index in [1.54, 1.807) is 43.5 Å². The van der Waals surface area contributed by atoms with Crippen LogP contribution in [0.25, 0.3) is 0 Å². The minimum Gasteiger partial charge on any atom is -0.497 e. The van der Waals surface area contributed by atoms with Gasteiger partial charge in [-0.1, -0.05) is 18.2 Å². The van der Waals surface area contributed by atoms with Gasteiger partial charge in [0.15, 0.2) is 0 Å². The summed E-state index contributed by atoms with van der Waals surface area (Å²) in [5, 5.41) is 1.13.